The Labute approximate surface area is 205 Å². The van der Waals surface area contributed by atoms with Crippen molar-refractivity contribution in [3.8, 4) is 0 Å². The van der Waals surface area contributed by atoms with Gasteiger partial charge < -0.3 is 21.3 Å². The Morgan fingerprint density at radius 2 is 1.29 bits per heavy atom. The first-order chi connectivity index (χ1) is 13.8. The van der Waals surface area contributed by atoms with Crippen LogP contribution in [0.1, 0.15) is 48.9 Å². The Morgan fingerprint density at radius 3 is 1.90 bits per heavy atom. The molecule has 1 heterocycles. The Bertz CT molecular complexity index is 770. The summed E-state index contributed by atoms with van der Waals surface area (Å²) in [7, 11) is 0. The van der Waals surface area contributed by atoms with Crippen molar-refractivity contribution in [3.05, 3.63) is 42.0 Å². The molecule has 2 aromatic carbocycles. The number of nitrogens with two attached hydrogens (primary N) is 1. The molecule has 8 heteroatoms. The number of hydrogen-bond donors (Lipinski definition) is 3. The van der Waals surface area contributed by atoms with Crippen molar-refractivity contribution >= 4 is 59.6 Å². The number of benzene rings is 2. The highest BCUT2D eigenvalue weighted by atomic mass is 35.5. The van der Waals surface area contributed by atoms with Crippen molar-refractivity contribution < 1.29 is 4.79 Å². The SMILES string of the molecule is Cl.Cl.Cl.NCCCCNCCCCNCCCCN1C(=O)c2cccc3cccc1c23. The zero-order valence-electron chi connectivity index (χ0n) is 18.1. The maximum absolute atomic E-state index is 12.7. The average Bonchev–Trinajstić information content (AvgIpc) is 2.99. The topological polar surface area (TPSA) is 70.4 Å². The Hall–Kier alpha value is -1.08. The number of nitrogens with zero attached hydrogens (tertiary/aromatic N) is 1. The van der Waals surface area contributed by atoms with Crippen LogP contribution in [0.2, 0.25) is 0 Å². The van der Waals surface area contributed by atoms with Crippen molar-refractivity contribution in [2.45, 2.75) is 38.5 Å². The predicted molar refractivity (Wildman–Crippen MR) is 140 cm³/mol. The van der Waals surface area contributed by atoms with Gasteiger partial charge in [0.15, 0.2) is 0 Å². The Kier molecular flexibility index (Phi) is 16.0. The molecule has 0 bridgehead atoms. The molecule has 0 saturated heterocycles. The molecule has 0 spiro atoms. The van der Waals surface area contributed by atoms with Crippen LogP contribution >= 0.6 is 37.2 Å². The highest BCUT2D eigenvalue weighted by Crippen LogP contribution is 2.37. The van der Waals surface area contributed by atoms with Crippen LogP contribution in [0.25, 0.3) is 10.8 Å². The summed E-state index contributed by atoms with van der Waals surface area (Å²) in [6.07, 6.45) is 6.80. The first-order valence-electron chi connectivity index (χ1n) is 10.8. The maximum Gasteiger partial charge on any atom is 0.258 e. The third-order valence-corrected chi connectivity index (χ3v) is 5.40. The fourth-order valence-corrected chi connectivity index (χ4v) is 3.87. The van der Waals surface area contributed by atoms with E-state index in [4.69, 9.17) is 5.73 Å². The van der Waals surface area contributed by atoms with E-state index in [1.165, 1.54) is 19.3 Å². The number of carbonyl (C=O) groups is 1. The van der Waals surface area contributed by atoms with E-state index in [0.717, 1.165) is 80.6 Å². The van der Waals surface area contributed by atoms with Crippen LogP contribution in [0.4, 0.5) is 5.69 Å². The highest BCUT2D eigenvalue weighted by molar-refractivity contribution is 6.24. The van der Waals surface area contributed by atoms with Gasteiger partial charge in [0, 0.05) is 17.5 Å². The number of rotatable bonds is 14. The van der Waals surface area contributed by atoms with E-state index in [-0.39, 0.29) is 43.1 Å². The lowest BCUT2D eigenvalue weighted by molar-refractivity contribution is 0.0992. The largest absolute Gasteiger partial charge is 0.330 e. The summed E-state index contributed by atoms with van der Waals surface area (Å²) in [4.78, 5) is 14.7. The molecule has 0 radical (unpaired) electrons. The quantitative estimate of drug-likeness (QED) is 0.339. The van der Waals surface area contributed by atoms with Gasteiger partial charge in [-0.05, 0) is 88.8 Å². The molecule has 0 atom stereocenters. The van der Waals surface area contributed by atoms with Crippen LogP contribution in [-0.2, 0) is 0 Å². The lowest BCUT2D eigenvalue weighted by Crippen LogP contribution is -2.28. The van der Waals surface area contributed by atoms with E-state index in [1.54, 1.807) is 0 Å². The van der Waals surface area contributed by atoms with Crippen LogP contribution in [-0.4, -0.2) is 45.2 Å². The van der Waals surface area contributed by atoms with Gasteiger partial charge >= 0.3 is 0 Å². The standard InChI is InChI=1S/C23H34N4O.3ClH/c24-13-1-2-14-25-15-3-4-16-26-17-5-6-18-27-21-12-8-10-19-9-7-11-20(22(19)21)23(27)28;;;/h7-12,25-26H,1-6,13-18,24H2;3*1H. The van der Waals surface area contributed by atoms with E-state index in [9.17, 15) is 4.79 Å². The van der Waals surface area contributed by atoms with Crippen molar-refractivity contribution in [1.29, 1.82) is 0 Å². The molecule has 4 N–H and O–H groups in total. The van der Waals surface area contributed by atoms with Gasteiger partial charge in [0.05, 0.1) is 5.69 Å². The minimum absolute atomic E-state index is 0. The van der Waals surface area contributed by atoms with Gasteiger partial charge in [-0.2, -0.15) is 0 Å². The minimum Gasteiger partial charge on any atom is -0.330 e. The van der Waals surface area contributed by atoms with E-state index in [2.05, 4.69) is 28.8 Å². The number of carbonyl (C=O) groups excluding carboxylic acids is 1. The molecule has 0 aromatic heterocycles. The number of halogens is 3. The maximum atomic E-state index is 12.7. The lowest BCUT2D eigenvalue weighted by Gasteiger charge is -2.17. The molecule has 31 heavy (non-hydrogen) atoms. The van der Waals surface area contributed by atoms with Gasteiger partial charge in [-0.3, -0.25) is 4.79 Å². The second kappa shape index (κ2) is 16.5. The van der Waals surface area contributed by atoms with Crippen molar-refractivity contribution in [2.75, 3.05) is 44.2 Å². The molecule has 5 nitrogen and oxygen atoms in total. The third-order valence-electron chi connectivity index (χ3n) is 5.40. The molecule has 3 rings (SSSR count). The summed E-state index contributed by atoms with van der Waals surface area (Å²) in [5.41, 5.74) is 7.41. The molecule has 0 unspecified atom stereocenters. The average molecular weight is 492 g/mol. The third kappa shape index (κ3) is 8.41. The van der Waals surface area contributed by atoms with Crippen LogP contribution < -0.4 is 21.3 Å². The predicted octanol–water partition coefficient (Wildman–Crippen LogP) is 4.54. The summed E-state index contributed by atoms with van der Waals surface area (Å²) >= 11 is 0. The monoisotopic (exact) mass is 490 g/mol. The molecule has 1 aliphatic rings. The molecule has 0 saturated carbocycles. The molecule has 176 valence electrons. The van der Waals surface area contributed by atoms with Gasteiger partial charge in [0.25, 0.3) is 5.91 Å². The van der Waals surface area contributed by atoms with Gasteiger partial charge in [-0.1, -0.05) is 24.3 Å². The summed E-state index contributed by atoms with van der Waals surface area (Å²) in [5, 5.41) is 9.25. The van der Waals surface area contributed by atoms with Gasteiger partial charge in [0.1, 0.15) is 0 Å². The second-order valence-electron chi connectivity index (χ2n) is 7.55. The molecule has 0 fully saturated rings. The smallest absolute Gasteiger partial charge is 0.258 e. The molecule has 1 aliphatic heterocycles. The fraction of sp³-hybridized carbons (Fsp3) is 0.522. The van der Waals surface area contributed by atoms with Crippen LogP contribution in [0, 0.1) is 0 Å². The number of unbranched alkanes of at least 4 members (excludes halogenated alkanes) is 3. The zero-order chi connectivity index (χ0) is 19.6. The fourth-order valence-electron chi connectivity index (χ4n) is 3.87. The molecular weight excluding hydrogens is 455 g/mol. The molecular formula is C23H37Cl3N4O. The molecule has 0 aliphatic carbocycles. The van der Waals surface area contributed by atoms with Crippen molar-refractivity contribution in [1.82, 2.24) is 10.6 Å². The van der Waals surface area contributed by atoms with E-state index in [0.29, 0.717) is 0 Å². The number of nitrogens with one attached hydrogen (secondary N) is 2. The van der Waals surface area contributed by atoms with Crippen LogP contribution in [0.15, 0.2) is 36.4 Å². The summed E-state index contributed by atoms with van der Waals surface area (Å²) in [6.45, 7) is 5.84. The minimum atomic E-state index is 0. The zero-order valence-corrected chi connectivity index (χ0v) is 20.6. The number of hydrogen-bond acceptors (Lipinski definition) is 4. The van der Waals surface area contributed by atoms with E-state index < -0.39 is 0 Å². The second-order valence-corrected chi connectivity index (χ2v) is 7.55. The Morgan fingerprint density at radius 1 is 0.742 bits per heavy atom. The highest BCUT2D eigenvalue weighted by Gasteiger charge is 2.28. The van der Waals surface area contributed by atoms with Crippen molar-refractivity contribution in [2.24, 2.45) is 5.73 Å². The van der Waals surface area contributed by atoms with Crippen molar-refractivity contribution in [3.63, 3.8) is 0 Å². The molecule has 1 amide bonds. The van der Waals surface area contributed by atoms with E-state index in [1.807, 2.05) is 23.1 Å². The Balaban J connectivity index is 0.00000300. The van der Waals surface area contributed by atoms with E-state index >= 15 is 0 Å². The van der Waals surface area contributed by atoms with Crippen LogP contribution in [0.5, 0.6) is 0 Å². The summed E-state index contributed by atoms with van der Waals surface area (Å²) in [5.74, 6) is 0.152. The van der Waals surface area contributed by atoms with Gasteiger partial charge in [0.2, 0.25) is 0 Å². The van der Waals surface area contributed by atoms with Crippen LogP contribution in [0.3, 0.4) is 0 Å². The first-order valence-corrected chi connectivity index (χ1v) is 10.8. The van der Waals surface area contributed by atoms with Gasteiger partial charge in [-0.25, -0.2) is 0 Å². The lowest BCUT2D eigenvalue weighted by atomic mass is 10.1. The summed E-state index contributed by atoms with van der Waals surface area (Å²) < 4.78 is 0. The van der Waals surface area contributed by atoms with Gasteiger partial charge in [-0.15, -0.1) is 37.2 Å². The summed E-state index contributed by atoms with van der Waals surface area (Å²) in [6, 6.07) is 12.2. The first kappa shape index (κ1) is 29.9. The normalized spacial score (nSPS) is 11.8. The number of amides is 1. The molecule has 2 aromatic rings. The number of anilines is 1.